The highest BCUT2D eigenvalue weighted by molar-refractivity contribution is 7.89. The topological polar surface area (TPSA) is 102 Å². The fourth-order valence-corrected chi connectivity index (χ4v) is 5.59. The lowest BCUT2D eigenvalue weighted by atomic mass is 9.93. The van der Waals surface area contributed by atoms with Crippen molar-refractivity contribution in [2.45, 2.75) is 18.4 Å². The first-order chi connectivity index (χ1) is 17.9. The zero-order valence-corrected chi connectivity index (χ0v) is 21.2. The van der Waals surface area contributed by atoms with Crippen molar-refractivity contribution in [3.05, 3.63) is 108 Å². The van der Waals surface area contributed by atoms with Crippen LogP contribution in [0.2, 0.25) is 0 Å². The molecular weight excluding hydrogens is 490 g/mol. The van der Waals surface area contributed by atoms with E-state index < -0.39 is 28.0 Å². The molecule has 2 unspecified atom stereocenters. The summed E-state index contributed by atoms with van der Waals surface area (Å²) in [5.41, 5.74) is 1.70. The van der Waals surface area contributed by atoms with Gasteiger partial charge >= 0.3 is 5.97 Å². The van der Waals surface area contributed by atoms with Crippen LogP contribution in [0.3, 0.4) is 0 Å². The van der Waals surface area contributed by atoms with Crippen LogP contribution in [0.25, 0.3) is 10.8 Å². The highest BCUT2D eigenvalue weighted by Gasteiger charge is 2.25. The number of rotatable bonds is 12. The molecule has 0 aromatic heterocycles. The summed E-state index contributed by atoms with van der Waals surface area (Å²) < 4.78 is 39.7. The number of carbonyl (C=O) groups is 1. The number of carboxylic acids is 1. The van der Waals surface area contributed by atoms with Crippen molar-refractivity contribution in [3.63, 3.8) is 0 Å². The Bertz CT molecular complexity index is 1430. The maximum atomic E-state index is 13.1. The Morgan fingerprint density at radius 3 is 2.22 bits per heavy atom. The summed E-state index contributed by atoms with van der Waals surface area (Å²) in [5.74, 6) is -0.635. The van der Waals surface area contributed by atoms with E-state index in [-0.39, 0.29) is 18.7 Å². The summed E-state index contributed by atoms with van der Waals surface area (Å²) in [6.07, 6.45) is -1.24. The first kappa shape index (κ1) is 26.2. The van der Waals surface area contributed by atoms with Crippen LogP contribution in [0.4, 0.5) is 0 Å². The Morgan fingerprint density at radius 2 is 1.51 bits per heavy atom. The molecule has 0 heterocycles. The molecule has 0 aliphatic heterocycles. The SMILES string of the molecule is COc1ccc(C(CS(=O)(=O)NCCC(Oc2cccc3ccccc23)C(=O)O)c2ccccc2)cc1. The number of ether oxygens (including phenoxy) is 2. The molecule has 0 radical (unpaired) electrons. The number of benzene rings is 4. The standard InChI is InChI=1S/C29H29NO6S/c1-35-24-16-14-23(15-17-24)26(22-8-3-2-4-9-22)20-37(33,34)30-19-18-28(29(31)32)36-27-13-7-11-21-10-5-6-12-25(21)27/h2-17,26,28,30H,18-20H2,1H3,(H,31,32). The first-order valence-corrected chi connectivity index (χ1v) is 13.5. The maximum absolute atomic E-state index is 13.1. The summed E-state index contributed by atoms with van der Waals surface area (Å²) in [5, 5.41) is 11.4. The zero-order chi connectivity index (χ0) is 26.3. The van der Waals surface area contributed by atoms with E-state index in [1.54, 1.807) is 31.4 Å². The molecule has 4 aromatic rings. The van der Waals surface area contributed by atoms with E-state index in [2.05, 4.69) is 4.72 Å². The number of hydrogen-bond acceptors (Lipinski definition) is 5. The van der Waals surface area contributed by atoms with Crippen LogP contribution in [0.15, 0.2) is 97.1 Å². The molecule has 0 aliphatic carbocycles. The number of fused-ring (bicyclic) bond motifs is 1. The third-order valence-electron chi connectivity index (χ3n) is 6.13. The monoisotopic (exact) mass is 519 g/mol. The van der Waals surface area contributed by atoms with Crippen LogP contribution in [-0.2, 0) is 14.8 Å². The second kappa shape index (κ2) is 11.9. The van der Waals surface area contributed by atoms with Gasteiger partial charge in [-0.3, -0.25) is 0 Å². The second-order valence-corrected chi connectivity index (χ2v) is 10.5. The highest BCUT2D eigenvalue weighted by atomic mass is 32.2. The second-order valence-electron chi connectivity index (χ2n) is 8.62. The van der Waals surface area contributed by atoms with Gasteiger partial charge in [-0.1, -0.05) is 78.9 Å². The molecule has 0 bridgehead atoms. The molecule has 0 fully saturated rings. The lowest BCUT2D eigenvalue weighted by Gasteiger charge is -2.20. The third-order valence-corrected chi connectivity index (χ3v) is 7.55. The minimum Gasteiger partial charge on any atom is -0.497 e. The molecule has 2 atom stereocenters. The molecular formula is C29H29NO6S. The van der Waals surface area contributed by atoms with Gasteiger partial charge in [0, 0.05) is 24.3 Å². The lowest BCUT2D eigenvalue weighted by molar-refractivity contribution is -0.145. The van der Waals surface area contributed by atoms with Gasteiger partial charge in [0.1, 0.15) is 11.5 Å². The molecule has 0 aliphatic rings. The molecule has 192 valence electrons. The Hall–Kier alpha value is -3.88. The average Bonchev–Trinajstić information content (AvgIpc) is 2.92. The van der Waals surface area contributed by atoms with Crippen molar-refractivity contribution in [1.82, 2.24) is 4.72 Å². The number of hydrogen-bond donors (Lipinski definition) is 2. The minimum absolute atomic E-state index is 0.0314. The Kier molecular flexibility index (Phi) is 8.43. The molecule has 7 nitrogen and oxygen atoms in total. The van der Waals surface area contributed by atoms with Gasteiger partial charge in [0.25, 0.3) is 0 Å². The smallest absolute Gasteiger partial charge is 0.344 e. The van der Waals surface area contributed by atoms with Gasteiger partial charge in [0.05, 0.1) is 12.9 Å². The van der Waals surface area contributed by atoms with E-state index in [1.807, 2.05) is 72.8 Å². The largest absolute Gasteiger partial charge is 0.497 e. The molecule has 8 heteroatoms. The van der Waals surface area contributed by atoms with Crippen molar-refractivity contribution in [1.29, 1.82) is 0 Å². The van der Waals surface area contributed by atoms with Crippen LogP contribution < -0.4 is 14.2 Å². The molecule has 0 amide bonds. The van der Waals surface area contributed by atoms with E-state index in [4.69, 9.17) is 9.47 Å². The van der Waals surface area contributed by atoms with Crippen molar-refractivity contribution in [3.8, 4) is 11.5 Å². The van der Waals surface area contributed by atoms with Crippen LogP contribution in [0.5, 0.6) is 11.5 Å². The quantitative estimate of drug-likeness (QED) is 0.278. The number of nitrogens with one attached hydrogen (secondary N) is 1. The van der Waals surface area contributed by atoms with E-state index in [0.717, 1.165) is 21.9 Å². The van der Waals surface area contributed by atoms with Gasteiger partial charge in [-0.15, -0.1) is 0 Å². The van der Waals surface area contributed by atoms with E-state index in [0.29, 0.717) is 11.5 Å². The first-order valence-electron chi connectivity index (χ1n) is 11.9. The Labute approximate surface area is 216 Å². The Morgan fingerprint density at radius 1 is 0.865 bits per heavy atom. The molecule has 0 spiro atoms. The van der Waals surface area contributed by atoms with E-state index >= 15 is 0 Å². The summed E-state index contributed by atoms with van der Waals surface area (Å²) in [7, 11) is -2.18. The molecule has 4 aromatic carbocycles. The molecule has 4 rings (SSSR count). The fraction of sp³-hybridized carbons (Fsp3) is 0.207. The number of methoxy groups -OCH3 is 1. The van der Waals surface area contributed by atoms with Gasteiger partial charge in [0.15, 0.2) is 6.10 Å². The normalized spacial score (nSPS) is 13.1. The highest BCUT2D eigenvalue weighted by Crippen LogP contribution is 2.28. The van der Waals surface area contributed by atoms with E-state index in [9.17, 15) is 18.3 Å². The minimum atomic E-state index is -3.75. The van der Waals surface area contributed by atoms with Gasteiger partial charge < -0.3 is 14.6 Å². The summed E-state index contributed by atoms with van der Waals surface area (Å²) in [4.78, 5) is 11.9. The summed E-state index contributed by atoms with van der Waals surface area (Å²) in [6, 6.07) is 29.6. The molecule has 37 heavy (non-hydrogen) atoms. The number of aliphatic carboxylic acids is 1. The van der Waals surface area contributed by atoms with Crippen molar-refractivity contribution in [2.75, 3.05) is 19.4 Å². The van der Waals surface area contributed by atoms with Gasteiger partial charge in [-0.2, -0.15) is 0 Å². The number of sulfonamides is 1. The maximum Gasteiger partial charge on any atom is 0.344 e. The summed E-state index contributed by atoms with van der Waals surface area (Å²) in [6.45, 7) is -0.0752. The van der Waals surface area contributed by atoms with E-state index in [1.165, 1.54) is 0 Å². The van der Waals surface area contributed by atoms with Crippen molar-refractivity contribution < 1.29 is 27.8 Å². The van der Waals surface area contributed by atoms with Crippen molar-refractivity contribution >= 4 is 26.8 Å². The average molecular weight is 520 g/mol. The van der Waals surface area contributed by atoms with Crippen LogP contribution in [0, 0.1) is 0 Å². The van der Waals surface area contributed by atoms with Crippen LogP contribution >= 0.6 is 0 Å². The van der Waals surface area contributed by atoms with Gasteiger partial charge in [0.2, 0.25) is 10.0 Å². The zero-order valence-electron chi connectivity index (χ0n) is 20.4. The predicted molar refractivity (Wildman–Crippen MR) is 144 cm³/mol. The predicted octanol–water partition coefficient (Wildman–Crippen LogP) is 4.82. The number of carboxylic acid groups (broad SMARTS) is 1. The van der Waals surface area contributed by atoms with Crippen LogP contribution in [-0.4, -0.2) is 45.0 Å². The fourth-order valence-electron chi connectivity index (χ4n) is 4.21. The van der Waals surface area contributed by atoms with Gasteiger partial charge in [-0.05, 0) is 34.7 Å². The van der Waals surface area contributed by atoms with Crippen LogP contribution in [0.1, 0.15) is 23.5 Å². The van der Waals surface area contributed by atoms with Gasteiger partial charge in [-0.25, -0.2) is 17.9 Å². The Balaban J connectivity index is 1.45. The molecule has 0 saturated heterocycles. The lowest BCUT2D eigenvalue weighted by Crippen LogP contribution is -2.35. The molecule has 0 saturated carbocycles. The molecule has 2 N–H and O–H groups in total. The summed E-state index contributed by atoms with van der Waals surface area (Å²) >= 11 is 0. The van der Waals surface area contributed by atoms with Crippen molar-refractivity contribution in [2.24, 2.45) is 0 Å². The third kappa shape index (κ3) is 6.87.